The van der Waals surface area contributed by atoms with Gasteiger partial charge in [-0.2, -0.15) is 0 Å². The van der Waals surface area contributed by atoms with Crippen LogP contribution in [0, 0.1) is 6.92 Å². The van der Waals surface area contributed by atoms with E-state index in [1.807, 2.05) is 20.0 Å². The number of nitrogens with two attached hydrogens (primary N) is 1. The molecular weight excluding hydrogens is 224 g/mol. The van der Waals surface area contributed by atoms with Gasteiger partial charge in [-0.05, 0) is 20.0 Å². The number of nitrogen functional groups attached to an aromatic ring is 1. The third kappa shape index (κ3) is 2.59. The minimum Gasteiger partial charge on any atom is -0.469 e. The maximum absolute atomic E-state index is 5.53. The SMILES string of the molecule is Cc1occc1CN(C)Cc1nnc(N)s1. The van der Waals surface area contributed by atoms with Crippen molar-refractivity contribution in [2.45, 2.75) is 20.0 Å². The van der Waals surface area contributed by atoms with Gasteiger partial charge in [-0.15, -0.1) is 10.2 Å². The van der Waals surface area contributed by atoms with Crippen molar-refractivity contribution in [3.8, 4) is 0 Å². The van der Waals surface area contributed by atoms with Crippen LogP contribution in [-0.4, -0.2) is 22.1 Å². The monoisotopic (exact) mass is 238 g/mol. The van der Waals surface area contributed by atoms with Crippen molar-refractivity contribution in [2.24, 2.45) is 0 Å². The van der Waals surface area contributed by atoms with Crippen molar-refractivity contribution in [1.82, 2.24) is 15.1 Å². The van der Waals surface area contributed by atoms with Gasteiger partial charge in [0.25, 0.3) is 0 Å². The number of rotatable bonds is 4. The number of nitrogens with zero attached hydrogens (tertiary/aromatic N) is 3. The Morgan fingerprint density at radius 1 is 1.44 bits per heavy atom. The number of anilines is 1. The summed E-state index contributed by atoms with van der Waals surface area (Å²) in [5.74, 6) is 0.962. The summed E-state index contributed by atoms with van der Waals surface area (Å²) < 4.78 is 5.25. The second-order valence-electron chi connectivity index (χ2n) is 3.71. The standard InChI is InChI=1S/C10H14N4OS/c1-7-8(3-4-15-7)5-14(2)6-9-12-13-10(11)16-9/h3-4H,5-6H2,1-2H3,(H2,11,13). The summed E-state index contributed by atoms with van der Waals surface area (Å²) in [7, 11) is 2.03. The van der Waals surface area contributed by atoms with Gasteiger partial charge in [0.2, 0.25) is 5.13 Å². The summed E-state index contributed by atoms with van der Waals surface area (Å²) in [6.07, 6.45) is 1.71. The normalized spacial score (nSPS) is 11.2. The lowest BCUT2D eigenvalue weighted by Gasteiger charge is -2.13. The molecule has 0 aliphatic heterocycles. The summed E-state index contributed by atoms with van der Waals surface area (Å²) in [4.78, 5) is 2.15. The molecule has 0 unspecified atom stereocenters. The highest BCUT2D eigenvalue weighted by molar-refractivity contribution is 7.15. The van der Waals surface area contributed by atoms with E-state index in [9.17, 15) is 0 Å². The van der Waals surface area contributed by atoms with E-state index in [0.29, 0.717) is 5.13 Å². The number of hydrogen-bond donors (Lipinski definition) is 1. The predicted molar refractivity (Wildman–Crippen MR) is 62.9 cm³/mol. The first kappa shape index (κ1) is 11.1. The van der Waals surface area contributed by atoms with Crippen LogP contribution in [-0.2, 0) is 13.1 Å². The van der Waals surface area contributed by atoms with Gasteiger partial charge in [0.15, 0.2) is 0 Å². The molecule has 0 bridgehead atoms. The first-order valence-corrected chi connectivity index (χ1v) is 5.76. The molecule has 0 radical (unpaired) electrons. The highest BCUT2D eigenvalue weighted by Crippen LogP contribution is 2.15. The molecule has 0 atom stereocenters. The average molecular weight is 238 g/mol. The van der Waals surface area contributed by atoms with E-state index in [0.717, 1.165) is 23.9 Å². The molecule has 86 valence electrons. The van der Waals surface area contributed by atoms with Crippen LogP contribution < -0.4 is 5.73 Å². The van der Waals surface area contributed by atoms with E-state index in [1.54, 1.807) is 6.26 Å². The van der Waals surface area contributed by atoms with Crippen molar-refractivity contribution in [1.29, 1.82) is 0 Å². The van der Waals surface area contributed by atoms with Crippen molar-refractivity contribution in [3.63, 3.8) is 0 Å². The molecule has 0 spiro atoms. The van der Waals surface area contributed by atoms with Crippen LogP contribution in [0.25, 0.3) is 0 Å². The Balaban J connectivity index is 1.94. The molecule has 2 N–H and O–H groups in total. The van der Waals surface area contributed by atoms with E-state index >= 15 is 0 Å². The Kier molecular flexibility index (Phi) is 3.21. The molecule has 0 aliphatic rings. The number of furan rings is 1. The fourth-order valence-corrected chi connectivity index (χ4v) is 2.17. The molecule has 5 nitrogen and oxygen atoms in total. The lowest BCUT2D eigenvalue weighted by molar-refractivity contribution is 0.315. The Labute approximate surface area is 97.9 Å². The Morgan fingerprint density at radius 3 is 2.81 bits per heavy atom. The van der Waals surface area contributed by atoms with Crippen molar-refractivity contribution in [2.75, 3.05) is 12.8 Å². The molecule has 2 aromatic heterocycles. The second-order valence-corrected chi connectivity index (χ2v) is 4.80. The van der Waals surface area contributed by atoms with Crippen molar-refractivity contribution < 1.29 is 4.42 Å². The van der Waals surface area contributed by atoms with Gasteiger partial charge >= 0.3 is 0 Å². The first-order chi connectivity index (χ1) is 7.65. The Bertz CT molecular complexity index is 465. The molecule has 0 amide bonds. The number of aromatic nitrogens is 2. The third-order valence-corrected chi connectivity index (χ3v) is 3.03. The average Bonchev–Trinajstić information content (AvgIpc) is 2.77. The summed E-state index contributed by atoms with van der Waals surface area (Å²) in [5.41, 5.74) is 6.72. The third-order valence-electron chi connectivity index (χ3n) is 2.29. The van der Waals surface area contributed by atoms with Gasteiger partial charge in [0.1, 0.15) is 10.8 Å². The number of hydrogen-bond acceptors (Lipinski definition) is 6. The molecule has 2 rings (SSSR count). The molecule has 0 aliphatic carbocycles. The van der Waals surface area contributed by atoms with Crippen molar-refractivity contribution in [3.05, 3.63) is 28.7 Å². The summed E-state index contributed by atoms with van der Waals surface area (Å²) in [5, 5.41) is 9.22. The number of aryl methyl sites for hydroxylation is 1. The fraction of sp³-hybridized carbons (Fsp3) is 0.400. The van der Waals surface area contributed by atoms with Gasteiger partial charge in [-0.25, -0.2) is 0 Å². The minimum atomic E-state index is 0.517. The van der Waals surface area contributed by atoms with E-state index in [2.05, 4.69) is 15.1 Å². The van der Waals surface area contributed by atoms with E-state index in [-0.39, 0.29) is 0 Å². The van der Waals surface area contributed by atoms with Crippen LogP contribution in [0.5, 0.6) is 0 Å². The van der Waals surface area contributed by atoms with Crippen LogP contribution in [0.2, 0.25) is 0 Å². The largest absolute Gasteiger partial charge is 0.469 e. The smallest absolute Gasteiger partial charge is 0.203 e. The molecule has 0 saturated carbocycles. The molecule has 0 saturated heterocycles. The molecule has 0 fully saturated rings. The van der Waals surface area contributed by atoms with Gasteiger partial charge in [0, 0.05) is 12.1 Å². The Hall–Kier alpha value is -1.40. The lowest BCUT2D eigenvalue weighted by atomic mass is 10.2. The van der Waals surface area contributed by atoms with Crippen LogP contribution in [0.4, 0.5) is 5.13 Å². The fourth-order valence-electron chi connectivity index (χ4n) is 1.48. The minimum absolute atomic E-state index is 0.517. The summed E-state index contributed by atoms with van der Waals surface area (Å²) in [6.45, 7) is 3.55. The van der Waals surface area contributed by atoms with Crippen LogP contribution in [0.15, 0.2) is 16.7 Å². The quantitative estimate of drug-likeness (QED) is 0.877. The molecular formula is C10H14N4OS. The molecule has 0 aromatic carbocycles. The molecule has 16 heavy (non-hydrogen) atoms. The zero-order valence-corrected chi connectivity index (χ0v) is 10.1. The summed E-state index contributed by atoms with van der Waals surface area (Å²) in [6, 6.07) is 1.99. The molecule has 2 aromatic rings. The van der Waals surface area contributed by atoms with Crippen molar-refractivity contribution >= 4 is 16.5 Å². The zero-order chi connectivity index (χ0) is 11.5. The van der Waals surface area contributed by atoms with Crippen LogP contribution >= 0.6 is 11.3 Å². The second kappa shape index (κ2) is 4.63. The highest BCUT2D eigenvalue weighted by Gasteiger charge is 2.08. The summed E-state index contributed by atoms with van der Waals surface area (Å²) >= 11 is 1.42. The molecule has 2 heterocycles. The van der Waals surface area contributed by atoms with Gasteiger partial charge in [0.05, 0.1) is 12.8 Å². The predicted octanol–water partition coefficient (Wildman–Crippen LogP) is 1.65. The maximum Gasteiger partial charge on any atom is 0.203 e. The maximum atomic E-state index is 5.53. The van der Waals surface area contributed by atoms with Gasteiger partial charge < -0.3 is 10.2 Å². The Morgan fingerprint density at radius 2 is 2.25 bits per heavy atom. The van der Waals surface area contributed by atoms with E-state index < -0.39 is 0 Å². The van der Waals surface area contributed by atoms with E-state index in [1.165, 1.54) is 16.9 Å². The lowest BCUT2D eigenvalue weighted by Crippen LogP contribution is -2.17. The van der Waals surface area contributed by atoms with Gasteiger partial charge in [-0.1, -0.05) is 11.3 Å². The highest BCUT2D eigenvalue weighted by atomic mass is 32.1. The van der Waals surface area contributed by atoms with Crippen LogP contribution in [0.1, 0.15) is 16.3 Å². The van der Waals surface area contributed by atoms with Crippen LogP contribution in [0.3, 0.4) is 0 Å². The topological polar surface area (TPSA) is 68.2 Å². The molecule has 6 heteroatoms. The van der Waals surface area contributed by atoms with Gasteiger partial charge in [-0.3, -0.25) is 4.90 Å². The van der Waals surface area contributed by atoms with E-state index in [4.69, 9.17) is 10.2 Å². The first-order valence-electron chi connectivity index (χ1n) is 4.94. The zero-order valence-electron chi connectivity index (χ0n) is 9.30.